The normalized spacial score (nSPS) is 26.7. The van der Waals surface area contributed by atoms with Gasteiger partial charge in [0.15, 0.2) is 5.78 Å². The third-order valence-electron chi connectivity index (χ3n) is 8.69. The minimum atomic E-state index is -0.944. The molecule has 2 atom stereocenters. The molecule has 0 unspecified atom stereocenters. The number of nitrogens with one attached hydrogen (secondary N) is 1. The van der Waals surface area contributed by atoms with Gasteiger partial charge in [0.1, 0.15) is 18.2 Å². The van der Waals surface area contributed by atoms with Crippen molar-refractivity contribution in [1.82, 2.24) is 15.1 Å². The molecule has 0 aromatic heterocycles. The molecule has 4 aliphatic rings. The van der Waals surface area contributed by atoms with E-state index in [1.54, 1.807) is 12.0 Å². The van der Waals surface area contributed by atoms with E-state index >= 15 is 0 Å². The Morgan fingerprint density at radius 1 is 1.06 bits per heavy atom. The Bertz CT molecular complexity index is 950. The van der Waals surface area contributed by atoms with E-state index in [1.165, 1.54) is 5.56 Å². The number of nitrogens with zero attached hydrogens (tertiary/aromatic N) is 2. The monoisotopic (exact) mass is 497 g/mol. The summed E-state index contributed by atoms with van der Waals surface area (Å²) in [6.07, 6.45) is 6.75. The fourth-order valence-electron chi connectivity index (χ4n) is 6.55. The van der Waals surface area contributed by atoms with E-state index in [9.17, 15) is 14.4 Å². The number of fused-ring (bicyclic) bond motifs is 1. The Kier molecular flexibility index (Phi) is 7.74. The topological polar surface area (TPSA) is 88.2 Å². The lowest BCUT2D eigenvalue weighted by Crippen LogP contribution is -2.62. The van der Waals surface area contributed by atoms with Crippen molar-refractivity contribution in [1.29, 1.82) is 0 Å². The van der Waals surface area contributed by atoms with Crippen LogP contribution in [-0.4, -0.2) is 91.6 Å². The molecule has 0 spiro atoms. The van der Waals surface area contributed by atoms with Gasteiger partial charge in [0.2, 0.25) is 5.91 Å². The zero-order chi connectivity index (χ0) is 25.1. The molecule has 8 heteroatoms. The number of carbonyl (C=O) groups excluding carboxylic acids is 3. The average Bonchev–Trinajstić information content (AvgIpc) is 3.51. The number of hydrogen-bond donors (Lipinski definition) is 1. The van der Waals surface area contributed by atoms with E-state index < -0.39 is 11.6 Å². The van der Waals surface area contributed by atoms with Crippen molar-refractivity contribution in [3.05, 3.63) is 35.4 Å². The number of carbonyl (C=O) groups is 3. The molecule has 1 N–H and O–H groups in total. The van der Waals surface area contributed by atoms with E-state index in [0.717, 1.165) is 58.3 Å². The molecule has 3 heterocycles. The molecule has 4 fully saturated rings. The molecule has 5 rings (SSSR count). The second-order valence-corrected chi connectivity index (χ2v) is 10.9. The van der Waals surface area contributed by atoms with Gasteiger partial charge in [0.05, 0.1) is 12.7 Å². The Morgan fingerprint density at radius 3 is 2.47 bits per heavy atom. The average molecular weight is 498 g/mol. The third-order valence-corrected chi connectivity index (χ3v) is 8.69. The molecule has 196 valence electrons. The van der Waals surface area contributed by atoms with Crippen molar-refractivity contribution in [2.75, 3.05) is 46.5 Å². The minimum Gasteiger partial charge on any atom is -0.383 e. The SMILES string of the molecule is COCCN1CCC(c2ccc(C(=O)NC3(C(=O)N4CC[C@H]5OCC(=O)[C@H]54)CCCCC3)cc2)CC1. The summed E-state index contributed by atoms with van der Waals surface area (Å²) in [7, 11) is 1.74. The molecule has 2 amide bonds. The summed E-state index contributed by atoms with van der Waals surface area (Å²) >= 11 is 0. The highest BCUT2D eigenvalue weighted by atomic mass is 16.5. The van der Waals surface area contributed by atoms with E-state index in [4.69, 9.17) is 9.47 Å². The Morgan fingerprint density at radius 2 is 1.78 bits per heavy atom. The van der Waals surface area contributed by atoms with Gasteiger partial charge in [-0.3, -0.25) is 14.4 Å². The van der Waals surface area contributed by atoms with Crippen LogP contribution in [0.1, 0.15) is 73.2 Å². The van der Waals surface area contributed by atoms with Crippen LogP contribution in [0.2, 0.25) is 0 Å². The third kappa shape index (κ3) is 5.08. The molecule has 1 saturated carbocycles. The van der Waals surface area contributed by atoms with Gasteiger partial charge in [-0.25, -0.2) is 0 Å². The zero-order valence-corrected chi connectivity index (χ0v) is 21.4. The van der Waals surface area contributed by atoms with Crippen LogP contribution in [0, 0.1) is 0 Å². The molecule has 3 aliphatic heterocycles. The minimum absolute atomic E-state index is 0.0248. The van der Waals surface area contributed by atoms with Crippen LogP contribution in [-0.2, 0) is 19.1 Å². The van der Waals surface area contributed by atoms with Gasteiger partial charge < -0.3 is 24.6 Å². The lowest BCUT2D eigenvalue weighted by molar-refractivity contribution is -0.143. The van der Waals surface area contributed by atoms with Crippen molar-refractivity contribution in [2.24, 2.45) is 0 Å². The highest BCUT2D eigenvalue weighted by Gasteiger charge is 2.52. The molecule has 36 heavy (non-hydrogen) atoms. The number of Topliss-reactive ketones (excluding diaryl/α,β-unsaturated/α-hetero) is 1. The fraction of sp³-hybridized carbons (Fsp3) is 0.679. The van der Waals surface area contributed by atoms with E-state index in [1.807, 2.05) is 12.1 Å². The number of ether oxygens (including phenoxy) is 2. The number of amides is 2. The first-order valence-electron chi connectivity index (χ1n) is 13.6. The van der Waals surface area contributed by atoms with E-state index in [-0.39, 0.29) is 30.3 Å². The van der Waals surface area contributed by atoms with Crippen LogP contribution >= 0.6 is 0 Å². The number of rotatable bonds is 7. The van der Waals surface area contributed by atoms with Crippen LogP contribution in [0.4, 0.5) is 0 Å². The van der Waals surface area contributed by atoms with Crippen LogP contribution in [0.3, 0.4) is 0 Å². The van der Waals surface area contributed by atoms with Gasteiger partial charge >= 0.3 is 0 Å². The van der Waals surface area contributed by atoms with Crippen molar-refractivity contribution in [2.45, 2.75) is 75.0 Å². The Hall–Kier alpha value is -2.29. The predicted octanol–water partition coefficient (Wildman–Crippen LogP) is 2.51. The van der Waals surface area contributed by atoms with Crippen LogP contribution in [0.25, 0.3) is 0 Å². The van der Waals surface area contributed by atoms with Crippen molar-refractivity contribution in [3.63, 3.8) is 0 Å². The van der Waals surface area contributed by atoms with Gasteiger partial charge in [-0.05, 0) is 68.8 Å². The summed E-state index contributed by atoms with van der Waals surface area (Å²) in [5, 5.41) is 3.14. The molecule has 0 bridgehead atoms. The first-order valence-corrected chi connectivity index (χ1v) is 13.6. The number of piperidine rings is 1. The van der Waals surface area contributed by atoms with Crippen LogP contribution < -0.4 is 5.32 Å². The Labute approximate surface area is 213 Å². The molecule has 1 aromatic carbocycles. The van der Waals surface area contributed by atoms with Crippen LogP contribution in [0.5, 0.6) is 0 Å². The summed E-state index contributed by atoms with van der Waals surface area (Å²) in [6, 6.07) is 7.43. The molecule has 8 nitrogen and oxygen atoms in total. The van der Waals surface area contributed by atoms with Gasteiger partial charge in [-0.1, -0.05) is 31.4 Å². The van der Waals surface area contributed by atoms with Gasteiger partial charge in [-0.15, -0.1) is 0 Å². The van der Waals surface area contributed by atoms with Gasteiger partial charge in [0, 0.05) is 25.8 Å². The number of likely N-dealkylation sites (tertiary alicyclic amines) is 2. The first-order chi connectivity index (χ1) is 17.5. The standard InChI is InChI=1S/C28H39N3O5/c1-35-18-17-30-14-9-21(10-15-30)20-5-7-22(8-6-20)26(33)29-28(12-3-2-4-13-28)27(34)31-16-11-24-25(31)23(32)19-36-24/h5-8,21,24-25H,2-4,9-19H2,1H3,(H,29,33)/t24-,25-/m1/s1. The second kappa shape index (κ2) is 11.0. The smallest absolute Gasteiger partial charge is 0.252 e. The molecular weight excluding hydrogens is 458 g/mol. The molecule has 0 radical (unpaired) electrons. The fourth-order valence-corrected chi connectivity index (χ4v) is 6.55. The van der Waals surface area contributed by atoms with Crippen molar-refractivity contribution < 1.29 is 23.9 Å². The maximum absolute atomic E-state index is 13.8. The molecule has 3 saturated heterocycles. The first kappa shape index (κ1) is 25.4. The maximum atomic E-state index is 13.8. The number of ketones is 1. The maximum Gasteiger partial charge on any atom is 0.252 e. The second-order valence-electron chi connectivity index (χ2n) is 10.9. The lowest BCUT2D eigenvalue weighted by atomic mass is 9.80. The summed E-state index contributed by atoms with van der Waals surface area (Å²) < 4.78 is 10.8. The van der Waals surface area contributed by atoms with E-state index in [2.05, 4.69) is 22.3 Å². The van der Waals surface area contributed by atoms with Gasteiger partial charge in [-0.2, -0.15) is 0 Å². The van der Waals surface area contributed by atoms with Gasteiger partial charge in [0.25, 0.3) is 5.91 Å². The van der Waals surface area contributed by atoms with E-state index in [0.29, 0.717) is 37.3 Å². The summed E-state index contributed by atoms with van der Waals surface area (Å²) in [5.74, 6) is 0.152. The summed E-state index contributed by atoms with van der Waals surface area (Å²) in [6.45, 7) is 4.46. The Balaban J connectivity index is 1.24. The molecule has 1 aromatic rings. The predicted molar refractivity (Wildman–Crippen MR) is 135 cm³/mol. The lowest BCUT2D eigenvalue weighted by Gasteiger charge is -2.40. The number of methoxy groups -OCH3 is 1. The number of benzene rings is 1. The largest absolute Gasteiger partial charge is 0.383 e. The summed E-state index contributed by atoms with van der Waals surface area (Å²) in [4.78, 5) is 43.7. The quantitative estimate of drug-likeness (QED) is 0.623. The highest BCUT2D eigenvalue weighted by Crippen LogP contribution is 2.35. The highest BCUT2D eigenvalue weighted by molar-refractivity contribution is 6.01. The summed E-state index contributed by atoms with van der Waals surface area (Å²) in [5.41, 5.74) is 0.902. The number of hydrogen-bond acceptors (Lipinski definition) is 6. The zero-order valence-electron chi connectivity index (χ0n) is 21.4. The van der Waals surface area contributed by atoms with Crippen molar-refractivity contribution >= 4 is 17.6 Å². The molecule has 1 aliphatic carbocycles. The van der Waals surface area contributed by atoms with Crippen molar-refractivity contribution in [3.8, 4) is 0 Å². The molecular formula is C28H39N3O5. The van der Waals surface area contributed by atoms with Crippen LogP contribution in [0.15, 0.2) is 24.3 Å².